The van der Waals surface area contributed by atoms with Gasteiger partial charge in [0.05, 0.1) is 23.1 Å². The third-order valence-corrected chi connectivity index (χ3v) is 6.15. The number of benzene rings is 1. The van der Waals surface area contributed by atoms with Crippen LogP contribution >= 0.6 is 0 Å². The SMILES string of the molecule is C[C@H](Nc1ncnc2[nH]ccc(=O)c12)c1nc2c(F)cccc2c(-c2ccccn2)c1-c1ccccn1. The van der Waals surface area contributed by atoms with Crippen molar-refractivity contribution in [3.63, 3.8) is 0 Å². The molecule has 0 spiro atoms. The van der Waals surface area contributed by atoms with Crippen LogP contribution in [0.15, 0.2) is 90.4 Å². The molecule has 0 saturated carbocycles. The number of para-hydroxylation sites is 1. The summed E-state index contributed by atoms with van der Waals surface area (Å²) in [7, 11) is 0. The summed E-state index contributed by atoms with van der Waals surface area (Å²) in [4.78, 5) is 38.1. The molecule has 6 aromatic rings. The lowest BCUT2D eigenvalue weighted by Crippen LogP contribution is -2.15. The van der Waals surface area contributed by atoms with Crippen molar-refractivity contribution in [2.24, 2.45) is 0 Å². The van der Waals surface area contributed by atoms with E-state index in [1.54, 1.807) is 18.5 Å². The number of H-pyrrole nitrogens is 1. The van der Waals surface area contributed by atoms with Crippen molar-refractivity contribution in [2.45, 2.75) is 13.0 Å². The highest BCUT2D eigenvalue weighted by Gasteiger charge is 2.25. The zero-order valence-corrected chi connectivity index (χ0v) is 19.7. The van der Waals surface area contributed by atoms with Crippen LogP contribution in [0.25, 0.3) is 44.5 Å². The summed E-state index contributed by atoms with van der Waals surface area (Å²) in [5.41, 5.74) is 3.71. The number of anilines is 1. The monoisotopic (exact) mass is 489 g/mol. The van der Waals surface area contributed by atoms with E-state index in [-0.39, 0.29) is 10.9 Å². The molecule has 1 atom stereocenters. The van der Waals surface area contributed by atoms with Crippen molar-refractivity contribution in [1.82, 2.24) is 29.9 Å². The number of halogens is 1. The molecule has 2 N–H and O–H groups in total. The minimum Gasteiger partial charge on any atom is -0.361 e. The molecule has 8 nitrogen and oxygen atoms in total. The first kappa shape index (κ1) is 22.4. The summed E-state index contributed by atoms with van der Waals surface area (Å²) in [6.07, 6.45) is 6.31. The molecular formula is C28H20FN7O. The lowest BCUT2D eigenvalue weighted by Gasteiger charge is -2.22. The third-order valence-electron chi connectivity index (χ3n) is 6.15. The third kappa shape index (κ3) is 3.96. The first-order valence-electron chi connectivity index (χ1n) is 11.7. The van der Waals surface area contributed by atoms with Crippen LogP contribution in [0.5, 0.6) is 0 Å². The van der Waals surface area contributed by atoms with Gasteiger partial charge in [-0.3, -0.25) is 14.8 Å². The number of pyridine rings is 4. The number of nitrogens with one attached hydrogen (secondary N) is 2. The Balaban J connectivity index is 1.64. The average molecular weight is 490 g/mol. The van der Waals surface area contributed by atoms with Crippen molar-refractivity contribution in [2.75, 3.05) is 5.32 Å². The molecule has 0 saturated heterocycles. The second-order valence-corrected chi connectivity index (χ2v) is 8.47. The van der Waals surface area contributed by atoms with Crippen LogP contribution in [0.3, 0.4) is 0 Å². The van der Waals surface area contributed by atoms with Gasteiger partial charge in [-0.15, -0.1) is 0 Å². The van der Waals surface area contributed by atoms with Crippen molar-refractivity contribution in [3.8, 4) is 22.5 Å². The molecule has 0 unspecified atom stereocenters. The van der Waals surface area contributed by atoms with Crippen molar-refractivity contribution < 1.29 is 4.39 Å². The Morgan fingerprint density at radius 2 is 1.62 bits per heavy atom. The van der Waals surface area contributed by atoms with E-state index in [9.17, 15) is 4.79 Å². The summed E-state index contributed by atoms with van der Waals surface area (Å²) in [6, 6.07) is 17.0. The number of rotatable bonds is 5. The first-order chi connectivity index (χ1) is 18.1. The van der Waals surface area contributed by atoms with Crippen molar-refractivity contribution in [3.05, 3.63) is 107 Å². The molecule has 0 radical (unpaired) electrons. The predicted octanol–water partition coefficient (Wildman–Crippen LogP) is 5.30. The Morgan fingerprint density at radius 1 is 0.865 bits per heavy atom. The van der Waals surface area contributed by atoms with Gasteiger partial charge in [-0.1, -0.05) is 24.3 Å². The largest absolute Gasteiger partial charge is 0.361 e. The number of fused-ring (bicyclic) bond motifs is 2. The Bertz CT molecular complexity index is 1800. The number of aromatic nitrogens is 6. The minimum absolute atomic E-state index is 0.219. The lowest BCUT2D eigenvalue weighted by atomic mass is 9.92. The Kier molecular flexibility index (Phi) is 5.57. The molecule has 9 heteroatoms. The van der Waals surface area contributed by atoms with Crippen molar-refractivity contribution >= 4 is 27.8 Å². The molecule has 37 heavy (non-hydrogen) atoms. The second-order valence-electron chi connectivity index (χ2n) is 8.47. The van der Waals surface area contributed by atoms with Crippen molar-refractivity contribution in [1.29, 1.82) is 0 Å². The molecule has 0 fully saturated rings. The van der Waals surface area contributed by atoms with Gasteiger partial charge in [-0.2, -0.15) is 0 Å². The minimum atomic E-state index is -0.499. The van der Waals surface area contributed by atoms with Crippen LogP contribution in [-0.4, -0.2) is 29.9 Å². The van der Waals surface area contributed by atoms with Gasteiger partial charge in [0.1, 0.15) is 34.5 Å². The number of hydrogen-bond acceptors (Lipinski definition) is 7. The second kappa shape index (κ2) is 9.19. The maximum atomic E-state index is 15.2. The highest BCUT2D eigenvalue weighted by Crippen LogP contribution is 2.41. The molecular weight excluding hydrogens is 469 g/mol. The zero-order chi connectivity index (χ0) is 25.4. The molecule has 5 aromatic heterocycles. The van der Waals surface area contributed by atoms with Gasteiger partial charge in [-0.05, 0) is 37.3 Å². The summed E-state index contributed by atoms with van der Waals surface area (Å²) in [5, 5.41) is 4.26. The summed E-state index contributed by atoms with van der Waals surface area (Å²) < 4.78 is 15.2. The molecule has 0 aliphatic rings. The maximum Gasteiger partial charge on any atom is 0.194 e. The van der Waals surface area contributed by atoms with E-state index in [1.165, 1.54) is 24.7 Å². The van der Waals surface area contributed by atoms with Crippen LogP contribution < -0.4 is 10.7 Å². The fourth-order valence-electron chi connectivity index (χ4n) is 4.52. The zero-order valence-electron chi connectivity index (χ0n) is 19.7. The van der Waals surface area contributed by atoms with Gasteiger partial charge in [0, 0.05) is 41.2 Å². The molecule has 0 aliphatic heterocycles. The van der Waals surface area contributed by atoms with Gasteiger partial charge in [-0.25, -0.2) is 19.3 Å². The number of nitrogens with zero attached hydrogens (tertiary/aromatic N) is 5. The quantitative estimate of drug-likeness (QED) is 0.338. The van der Waals surface area contributed by atoms with Crippen LogP contribution in [0.4, 0.5) is 10.2 Å². The van der Waals surface area contributed by atoms with E-state index in [1.807, 2.05) is 49.4 Å². The van der Waals surface area contributed by atoms with E-state index < -0.39 is 11.9 Å². The molecule has 180 valence electrons. The Morgan fingerprint density at radius 3 is 2.35 bits per heavy atom. The Labute approximate surface area is 210 Å². The fraction of sp³-hybridized carbons (Fsp3) is 0.0714. The number of hydrogen-bond donors (Lipinski definition) is 2. The predicted molar refractivity (Wildman–Crippen MR) is 140 cm³/mol. The summed E-state index contributed by atoms with van der Waals surface area (Å²) in [5.74, 6) is -0.0965. The fourth-order valence-corrected chi connectivity index (χ4v) is 4.52. The molecule has 0 aliphatic carbocycles. The van der Waals surface area contributed by atoms with E-state index >= 15 is 4.39 Å². The van der Waals surface area contributed by atoms with Crippen LogP contribution in [0.1, 0.15) is 18.7 Å². The number of aromatic amines is 1. The van der Waals surface area contributed by atoms with Crippen LogP contribution in [-0.2, 0) is 0 Å². The standard InChI is InChI=1S/C28H20FN7O/c1-16(35-28-24-21(37)11-14-32-27(24)33-15-34-28)25-23(20-10-3-5-13-31-20)22(19-9-2-4-12-30-19)17-7-6-8-18(29)26(17)36-25/h2-16H,1H3,(H2,32,33,34,35,37)/t16-/m0/s1. The average Bonchev–Trinajstić information content (AvgIpc) is 2.93. The van der Waals surface area contributed by atoms with Crippen LogP contribution in [0, 0.1) is 5.82 Å². The summed E-state index contributed by atoms with van der Waals surface area (Å²) in [6.45, 7) is 1.88. The smallest absolute Gasteiger partial charge is 0.194 e. The molecule has 5 heterocycles. The van der Waals surface area contributed by atoms with E-state index in [4.69, 9.17) is 4.98 Å². The highest BCUT2D eigenvalue weighted by molar-refractivity contribution is 6.02. The van der Waals surface area contributed by atoms with Gasteiger partial charge >= 0.3 is 0 Å². The molecule has 6 rings (SSSR count). The van der Waals surface area contributed by atoms with E-state index in [0.29, 0.717) is 44.9 Å². The maximum absolute atomic E-state index is 15.2. The lowest BCUT2D eigenvalue weighted by molar-refractivity contribution is 0.636. The molecule has 0 bridgehead atoms. The normalized spacial score (nSPS) is 12.1. The highest BCUT2D eigenvalue weighted by atomic mass is 19.1. The van der Waals surface area contributed by atoms with Crippen LogP contribution in [0.2, 0.25) is 0 Å². The van der Waals surface area contributed by atoms with Gasteiger partial charge in [0.25, 0.3) is 0 Å². The molecule has 1 aromatic carbocycles. The van der Waals surface area contributed by atoms with E-state index in [2.05, 4.69) is 30.2 Å². The summed E-state index contributed by atoms with van der Waals surface area (Å²) >= 11 is 0. The van der Waals surface area contributed by atoms with Gasteiger partial charge in [0.15, 0.2) is 5.43 Å². The van der Waals surface area contributed by atoms with Gasteiger partial charge < -0.3 is 10.3 Å². The first-order valence-corrected chi connectivity index (χ1v) is 11.7. The van der Waals surface area contributed by atoms with Gasteiger partial charge in [0.2, 0.25) is 0 Å². The van der Waals surface area contributed by atoms with E-state index in [0.717, 1.165) is 5.56 Å². The molecule has 0 amide bonds. The Hall–Kier alpha value is -5.05. The topological polar surface area (TPSA) is 109 Å².